The summed E-state index contributed by atoms with van der Waals surface area (Å²) in [7, 11) is 0. The van der Waals surface area contributed by atoms with Gasteiger partial charge in [0.25, 0.3) is 0 Å². The number of aryl methyl sites for hydroxylation is 1. The first-order valence-corrected chi connectivity index (χ1v) is 11.2. The highest BCUT2D eigenvalue weighted by Gasteiger charge is 2.53. The molecule has 3 aliphatic rings. The Labute approximate surface area is 173 Å². The average molecular weight is 406 g/mol. The van der Waals surface area contributed by atoms with Gasteiger partial charge < -0.3 is 19.7 Å². The number of piperidine rings is 1. The summed E-state index contributed by atoms with van der Waals surface area (Å²) in [6.07, 6.45) is 6.79. The van der Waals surface area contributed by atoms with Gasteiger partial charge in [0.1, 0.15) is 6.10 Å². The molecule has 2 saturated heterocycles. The summed E-state index contributed by atoms with van der Waals surface area (Å²) in [6, 6.07) is 1.97. The highest BCUT2D eigenvalue weighted by molar-refractivity contribution is 5.77. The topological polar surface area (TPSA) is 87.8 Å². The quantitative estimate of drug-likeness (QED) is 0.783. The van der Waals surface area contributed by atoms with Crippen molar-refractivity contribution in [2.24, 2.45) is 5.92 Å². The predicted octanol–water partition coefficient (Wildman–Crippen LogP) is 2.55. The van der Waals surface area contributed by atoms with Crippen molar-refractivity contribution < 1.29 is 19.2 Å². The van der Waals surface area contributed by atoms with Crippen LogP contribution in [-0.4, -0.2) is 58.0 Å². The van der Waals surface area contributed by atoms with E-state index in [0.717, 1.165) is 56.8 Å². The smallest absolute Gasteiger partial charge is 0.220 e. The number of aliphatic hydroxyl groups excluding tert-OH is 1. The molecular weight excluding hydrogens is 370 g/mol. The number of rotatable bonds is 5. The molecule has 2 aliphatic heterocycles. The molecule has 3 fully saturated rings. The highest BCUT2D eigenvalue weighted by Crippen LogP contribution is 2.40. The summed E-state index contributed by atoms with van der Waals surface area (Å²) in [5.41, 5.74) is -0.316. The second-order valence-corrected chi connectivity index (χ2v) is 9.60. The molecule has 1 spiro atoms. The van der Waals surface area contributed by atoms with Crippen LogP contribution in [0.1, 0.15) is 69.7 Å². The molecule has 7 heteroatoms. The molecule has 162 valence electrons. The van der Waals surface area contributed by atoms with Gasteiger partial charge >= 0.3 is 0 Å². The molecule has 0 unspecified atom stereocenters. The molecule has 1 aromatic rings. The third-order valence-electron chi connectivity index (χ3n) is 7.25. The molecule has 1 aromatic heterocycles. The minimum atomic E-state index is -0.703. The molecule has 2 N–H and O–H groups in total. The number of hydrogen-bond acceptors (Lipinski definition) is 6. The fourth-order valence-corrected chi connectivity index (χ4v) is 5.46. The van der Waals surface area contributed by atoms with Crippen molar-refractivity contribution in [2.75, 3.05) is 19.7 Å². The zero-order valence-electron chi connectivity index (χ0n) is 17.8. The zero-order chi connectivity index (χ0) is 20.5. The monoisotopic (exact) mass is 405 g/mol. The molecule has 0 radical (unpaired) electrons. The minimum absolute atomic E-state index is 0.0774. The summed E-state index contributed by atoms with van der Waals surface area (Å²) in [6.45, 7) is 6.84. The first-order chi connectivity index (χ1) is 13.9. The lowest BCUT2D eigenvalue weighted by molar-refractivity contribution is -0.208. The van der Waals surface area contributed by atoms with Crippen molar-refractivity contribution in [3.63, 3.8) is 0 Å². The lowest BCUT2D eigenvalue weighted by atomic mass is 9.73. The van der Waals surface area contributed by atoms with Gasteiger partial charge in [-0.3, -0.25) is 9.69 Å². The van der Waals surface area contributed by atoms with Crippen LogP contribution in [0.25, 0.3) is 0 Å². The van der Waals surface area contributed by atoms with Crippen LogP contribution in [0.4, 0.5) is 0 Å². The maximum absolute atomic E-state index is 12.7. The van der Waals surface area contributed by atoms with Crippen LogP contribution in [0.2, 0.25) is 0 Å². The molecule has 29 heavy (non-hydrogen) atoms. The van der Waals surface area contributed by atoms with E-state index in [9.17, 15) is 9.90 Å². The van der Waals surface area contributed by atoms with Crippen molar-refractivity contribution in [2.45, 2.75) is 89.0 Å². The molecule has 0 bridgehead atoms. The van der Waals surface area contributed by atoms with E-state index in [0.29, 0.717) is 25.4 Å². The standard InChI is InChI=1S/C22H35N3O4/c1-16-13-18(29-24-16)15-25-10-7-22(8-11-25)20(27)21(2,9-12-28-22)23-19(26)14-17-5-3-4-6-17/h13,17,20,27H,3-12,14-15H2,1-2H3,(H,23,26)/t20-,21+/m1/s1. The van der Waals surface area contributed by atoms with Gasteiger partial charge in [-0.05, 0) is 51.9 Å². The van der Waals surface area contributed by atoms with Gasteiger partial charge in [0.15, 0.2) is 5.76 Å². The average Bonchev–Trinajstić information content (AvgIpc) is 3.33. The molecule has 3 heterocycles. The van der Waals surface area contributed by atoms with Gasteiger partial charge in [-0.25, -0.2) is 0 Å². The third kappa shape index (κ3) is 4.52. The molecular formula is C22H35N3O4. The Bertz CT molecular complexity index is 707. The molecule has 1 amide bonds. The van der Waals surface area contributed by atoms with Crippen molar-refractivity contribution >= 4 is 5.91 Å². The van der Waals surface area contributed by atoms with Crippen molar-refractivity contribution in [3.8, 4) is 0 Å². The van der Waals surface area contributed by atoms with E-state index >= 15 is 0 Å². The van der Waals surface area contributed by atoms with E-state index in [-0.39, 0.29) is 5.91 Å². The Hall–Kier alpha value is -1.44. The number of hydrogen-bond donors (Lipinski definition) is 2. The van der Waals surface area contributed by atoms with Crippen LogP contribution >= 0.6 is 0 Å². The minimum Gasteiger partial charge on any atom is -0.388 e. The summed E-state index contributed by atoms with van der Waals surface area (Å²) >= 11 is 0. The number of amides is 1. The number of nitrogens with one attached hydrogen (secondary N) is 1. The highest BCUT2D eigenvalue weighted by atomic mass is 16.5. The number of carbonyl (C=O) groups excluding carboxylic acids is 1. The van der Waals surface area contributed by atoms with Crippen molar-refractivity contribution in [3.05, 3.63) is 17.5 Å². The van der Waals surface area contributed by atoms with E-state index in [4.69, 9.17) is 9.26 Å². The lowest BCUT2D eigenvalue weighted by Crippen LogP contribution is -2.69. The van der Waals surface area contributed by atoms with Gasteiger partial charge in [-0.15, -0.1) is 0 Å². The maximum atomic E-state index is 12.7. The SMILES string of the molecule is Cc1cc(CN2CCC3(CC2)OCC[C@](C)(NC(=O)CC2CCCC2)[C@H]3O)on1. The largest absolute Gasteiger partial charge is 0.388 e. The van der Waals surface area contributed by atoms with Gasteiger partial charge in [0, 0.05) is 32.2 Å². The van der Waals surface area contributed by atoms with Gasteiger partial charge in [-0.1, -0.05) is 18.0 Å². The van der Waals surface area contributed by atoms with Crippen LogP contribution in [-0.2, 0) is 16.1 Å². The Morgan fingerprint density at radius 2 is 2.03 bits per heavy atom. The maximum Gasteiger partial charge on any atom is 0.220 e. The van der Waals surface area contributed by atoms with Crippen LogP contribution < -0.4 is 5.32 Å². The number of nitrogens with zero attached hydrogens (tertiary/aromatic N) is 2. The Morgan fingerprint density at radius 3 is 2.69 bits per heavy atom. The van der Waals surface area contributed by atoms with Gasteiger partial charge in [-0.2, -0.15) is 0 Å². The predicted molar refractivity (Wildman–Crippen MR) is 108 cm³/mol. The molecule has 1 aliphatic carbocycles. The number of aromatic nitrogens is 1. The molecule has 0 aromatic carbocycles. The van der Waals surface area contributed by atoms with E-state index in [2.05, 4.69) is 15.4 Å². The first kappa shape index (κ1) is 20.8. The number of ether oxygens (including phenoxy) is 1. The Kier molecular flexibility index (Phi) is 6.00. The summed E-state index contributed by atoms with van der Waals surface area (Å²) < 4.78 is 11.5. The fourth-order valence-electron chi connectivity index (χ4n) is 5.46. The van der Waals surface area contributed by atoms with Crippen molar-refractivity contribution in [1.82, 2.24) is 15.4 Å². The second-order valence-electron chi connectivity index (χ2n) is 9.60. The molecule has 4 rings (SSSR count). The van der Waals surface area contributed by atoms with Crippen LogP contribution in [0.5, 0.6) is 0 Å². The van der Waals surface area contributed by atoms with E-state index in [1.165, 1.54) is 12.8 Å². The molecule has 1 saturated carbocycles. The summed E-state index contributed by atoms with van der Waals surface area (Å²) in [4.78, 5) is 15.0. The third-order valence-corrected chi connectivity index (χ3v) is 7.25. The fraction of sp³-hybridized carbons (Fsp3) is 0.818. The molecule has 2 atom stereocenters. The van der Waals surface area contributed by atoms with Gasteiger partial charge in [0.2, 0.25) is 5.91 Å². The first-order valence-electron chi connectivity index (χ1n) is 11.2. The zero-order valence-corrected chi connectivity index (χ0v) is 17.8. The van der Waals surface area contributed by atoms with Crippen LogP contribution in [0.3, 0.4) is 0 Å². The Balaban J connectivity index is 1.35. The summed E-state index contributed by atoms with van der Waals surface area (Å²) in [5, 5.41) is 18.5. The lowest BCUT2D eigenvalue weighted by Gasteiger charge is -2.53. The normalized spacial score (nSPS) is 30.7. The van der Waals surface area contributed by atoms with Gasteiger partial charge in [0.05, 0.1) is 23.4 Å². The van der Waals surface area contributed by atoms with E-state index in [1.807, 2.05) is 19.9 Å². The molecule has 7 nitrogen and oxygen atoms in total. The number of likely N-dealkylation sites (tertiary alicyclic amines) is 1. The van der Waals surface area contributed by atoms with E-state index < -0.39 is 17.2 Å². The number of aliphatic hydroxyl groups is 1. The Morgan fingerprint density at radius 1 is 1.31 bits per heavy atom. The van der Waals surface area contributed by atoms with Crippen LogP contribution in [0.15, 0.2) is 10.6 Å². The summed E-state index contributed by atoms with van der Waals surface area (Å²) in [5.74, 6) is 1.45. The second kappa shape index (κ2) is 8.36. The van der Waals surface area contributed by atoms with Crippen molar-refractivity contribution in [1.29, 1.82) is 0 Å². The van der Waals surface area contributed by atoms with E-state index in [1.54, 1.807) is 0 Å². The number of carbonyl (C=O) groups is 1. The van der Waals surface area contributed by atoms with Crippen LogP contribution in [0, 0.1) is 12.8 Å².